The highest BCUT2D eigenvalue weighted by molar-refractivity contribution is 7.00. The molecule has 0 saturated carbocycles. The van der Waals surface area contributed by atoms with E-state index in [-0.39, 0.29) is 6.04 Å². The largest absolute Gasteiger partial charge is 0.328 e. The number of rotatable bonds is 2. The summed E-state index contributed by atoms with van der Waals surface area (Å²) >= 11 is 1.25. The van der Waals surface area contributed by atoms with Crippen molar-refractivity contribution in [2.24, 2.45) is 5.73 Å². The molecule has 0 amide bonds. The van der Waals surface area contributed by atoms with Gasteiger partial charge < -0.3 is 5.73 Å². The maximum absolute atomic E-state index is 5.74. The molecule has 1 aromatic heterocycles. The lowest BCUT2D eigenvalue weighted by atomic mass is 10.1. The molecule has 2 rings (SSSR count). The van der Waals surface area contributed by atoms with Crippen LogP contribution in [0.3, 0.4) is 0 Å². The molecule has 13 heavy (non-hydrogen) atoms. The third kappa shape index (κ3) is 1.68. The first kappa shape index (κ1) is 8.59. The van der Waals surface area contributed by atoms with Crippen molar-refractivity contribution in [3.05, 3.63) is 23.8 Å². The summed E-state index contributed by atoms with van der Waals surface area (Å²) in [6, 6.07) is 6.21. The van der Waals surface area contributed by atoms with Crippen LogP contribution in [0.25, 0.3) is 11.0 Å². The minimum absolute atomic E-state index is 0.173. The van der Waals surface area contributed by atoms with Gasteiger partial charge in [0.15, 0.2) is 0 Å². The van der Waals surface area contributed by atoms with E-state index in [9.17, 15) is 0 Å². The fraction of sp³-hybridized carbons (Fsp3) is 0.333. The molecular formula is C9H11N3S. The van der Waals surface area contributed by atoms with E-state index in [4.69, 9.17) is 5.73 Å². The first-order valence-electron chi connectivity index (χ1n) is 4.23. The van der Waals surface area contributed by atoms with Crippen molar-refractivity contribution in [3.8, 4) is 0 Å². The monoisotopic (exact) mass is 193 g/mol. The van der Waals surface area contributed by atoms with Crippen molar-refractivity contribution in [1.82, 2.24) is 8.75 Å². The van der Waals surface area contributed by atoms with Crippen molar-refractivity contribution in [2.45, 2.75) is 19.4 Å². The van der Waals surface area contributed by atoms with Crippen LogP contribution in [0.5, 0.6) is 0 Å². The third-order valence-electron chi connectivity index (χ3n) is 1.91. The number of nitrogens with two attached hydrogens (primary N) is 1. The van der Waals surface area contributed by atoms with Crippen LogP contribution in [-0.4, -0.2) is 14.8 Å². The van der Waals surface area contributed by atoms with Gasteiger partial charge in [-0.05, 0) is 25.0 Å². The summed E-state index contributed by atoms with van der Waals surface area (Å²) in [7, 11) is 0. The molecule has 0 fully saturated rings. The molecule has 1 heterocycles. The topological polar surface area (TPSA) is 51.8 Å². The smallest absolute Gasteiger partial charge is 0.108 e. The molecule has 0 aliphatic rings. The molecule has 2 N–H and O–H groups in total. The molecule has 3 nitrogen and oxygen atoms in total. The Labute approximate surface area is 80.9 Å². The highest BCUT2D eigenvalue weighted by Crippen LogP contribution is 2.17. The van der Waals surface area contributed by atoms with Crippen LogP contribution in [0, 0.1) is 0 Å². The Kier molecular flexibility index (Phi) is 2.24. The number of fused-ring (bicyclic) bond motifs is 1. The summed E-state index contributed by atoms with van der Waals surface area (Å²) in [4.78, 5) is 0. The molecule has 4 heteroatoms. The van der Waals surface area contributed by atoms with Gasteiger partial charge in [-0.15, -0.1) is 0 Å². The van der Waals surface area contributed by atoms with Gasteiger partial charge in [0.25, 0.3) is 0 Å². The SMILES string of the molecule is CC(N)Cc1cccc2nsnc12. The molecule has 68 valence electrons. The lowest BCUT2D eigenvalue weighted by molar-refractivity contribution is 0.741. The first-order chi connectivity index (χ1) is 6.27. The minimum atomic E-state index is 0.173. The summed E-state index contributed by atoms with van der Waals surface area (Å²) in [5.74, 6) is 0. The van der Waals surface area contributed by atoms with Gasteiger partial charge in [0.2, 0.25) is 0 Å². The van der Waals surface area contributed by atoms with Crippen molar-refractivity contribution in [3.63, 3.8) is 0 Å². The van der Waals surface area contributed by atoms with Gasteiger partial charge in [0.1, 0.15) is 11.0 Å². The average Bonchev–Trinajstić information content (AvgIpc) is 2.51. The van der Waals surface area contributed by atoms with Crippen LogP contribution < -0.4 is 5.73 Å². The second-order valence-electron chi connectivity index (χ2n) is 3.23. The Morgan fingerprint density at radius 2 is 2.31 bits per heavy atom. The number of nitrogens with zero attached hydrogens (tertiary/aromatic N) is 2. The molecule has 0 aliphatic heterocycles. The maximum atomic E-state index is 5.74. The van der Waals surface area contributed by atoms with Gasteiger partial charge in [-0.25, -0.2) is 0 Å². The maximum Gasteiger partial charge on any atom is 0.108 e. The zero-order valence-corrected chi connectivity index (χ0v) is 8.21. The van der Waals surface area contributed by atoms with Crippen LogP contribution >= 0.6 is 11.7 Å². The standard InChI is InChI=1S/C9H11N3S/c1-6(10)5-7-3-2-4-8-9(7)12-13-11-8/h2-4,6H,5,10H2,1H3. The second-order valence-corrected chi connectivity index (χ2v) is 3.76. The van der Waals surface area contributed by atoms with Crippen molar-refractivity contribution in [2.75, 3.05) is 0 Å². The summed E-state index contributed by atoms with van der Waals surface area (Å²) in [6.45, 7) is 2.00. The summed E-state index contributed by atoms with van der Waals surface area (Å²) in [5, 5.41) is 0. The van der Waals surface area contributed by atoms with Crippen LogP contribution in [0.4, 0.5) is 0 Å². The Morgan fingerprint density at radius 3 is 3.08 bits per heavy atom. The van der Waals surface area contributed by atoms with E-state index in [2.05, 4.69) is 14.8 Å². The number of hydrogen-bond donors (Lipinski definition) is 1. The first-order valence-corrected chi connectivity index (χ1v) is 4.96. The third-order valence-corrected chi connectivity index (χ3v) is 2.45. The van der Waals surface area contributed by atoms with Crippen molar-refractivity contribution in [1.29, 1.82) is 0 Å². The van der Waals surface area contributed by atoms with Gasteiger partial charge in [-0.3, -0.25) is 0 Å². The van der Waals surface area contributed by atoms with Crippen molar-refractivity contribution >= 4 is 22.8 Å². The second kappa shape index (κ2) is 3.40. The molecule has 1 aromatic carbocycles. The molecule has 0 saturated heterocycles. The van der Waals surface area contributed by atoms with E-state index >= 15 is 0 Å². The van der Waals surface area contributed by atoms with E-state index in [1.165, 1.54) is 17.3 Å². The molecular weight excluding hydrogens is 182 g/mol. The predicted molar refractivity (Wildman–Crippen MR) is 54.8 cm³/mol. The van der Waals surface area contributed by atoms with Gasteiger partial charge in [0.05, 0.1) is 11.7 Å². The average molecular weight is 193 g/mol. The molecule has 0 bridgehead atoms. The Morgan fingerprint density at radius 1 is 1.46 bits per heavy atom. The normalized spacial score (nSPS) is 13.4. The summed E-state index contributed by atoms with van der Waals surface area (Å²) < 4.78 is 8.42. The molecule has 0 aliphatic carbocycles. The fourth-order valence-corrected chi connectivity index (χ4v) is 1.94. The number of hydrogen-bond acceptors (Lipinski definition) is 4. The predicted octanol–water partition coefficient (Wildman–Crippen LogP) is 1.58. The van der Waals surface area contributed by atoms with Crippen LogP contribution in [0.1, 0.15) is 12.5 Å². The fourth-order valence-electron chi connectivity index (χ4n) is 1.37. The highest BCUT2D eigenvalue weighted by Gasteiger charge is 2.05. The molecule has 0 spiro atoms. The quantitative estimate of drug-likeness (QED) is 0.787. The summed E-state index contributed by atoms with van der Waals surface area (Å²) in [6.07, 6.45) is 0.864. The highest BCUT2D eigenvalue weighted by atomic mass is 32.1. The lowest BCUT2D eigenvalue weighted by Gasteiger charge is -2.04. The number of aromatic nitrogens is 2. The lowest BCUT2D eigenvalue weighted by Crippen LogP contribution is -2.17. The molecule has 2 aromatic rings. The Bertz CT molecular complexity index is 408. The zero-order chi connectivity index (χ0) is 9.26. The van der Waals surface area contributed by atoms with E-state index in [0.717, 1.165) is 17.5 Å². The van der Waals surface area contributed by atoms with Crippen LogP contribution in [0.15, 0.2) is 18.2 Å². The van der Waals surface area contributed by atoms with E-state index in [1.807, 2.05) is 19.1 Å². The summed E-state index contributed by atoms with van der Waals surface area (Å²) in [5.41, 5.74) is 8.91. The van der Waals surface area contributed by atoms with Crippen LogP contribution in [0.2, 0.25) is 0 Å². The number of benzene rings is 1. The Hall–Kier alpha value is -1.00. The van der Waals surface area contributed by atoms with Gasteiger partial charge >= 0.3 is 0 Å². The Balaban J connectivity index is 2.48. The van der Waals surface area contributed by atoms with Gasteiger partial charge in [0, 0.05) is 6.04 Å². The van der Waals surface area contributed by atoms with Crippen LogP contribution in [-0.2, 0) is 6.42 Å². The van der Waals surface area contributed by atoms with Gasteiger partial charge in [-0.1, -0.05) is 12.1 Å². The zero-order valence-electron chi connectivity index (χ0n) is 7.40. The van der Waals surface area contributed by atoms with Crippen molar-refractivity contribution < 1.29 is 0 Å². The van der Waals surface area contributed by atoms with E-state index in [1.54, 1.807) is 0 Å². The minimum Gasteiger partial charge on any atom is -0.328 e. The molecule has 1 unspecified atom stereocenters. The molecule has 0 radical (unpaired) electrons. The van der Waals surface area contributed by atoms with E-state index in [0.29, 0.717) is 0 Å². The van der Waals surface area contributed by atoms with E-state index < -0.39 is 0 Å². The molecule has 1 atom stereocenters. The van der Waals surface area contributed by atoms with Gasteiger partial charge in [-0.2, -0.15) is 8.75 Å².